The highest BCUT2D eigenvalue weighted by molar-refractivity contribution is 5.38. The average Bonchev–Trinajstić information content (AvgIpc) is 3.38. The summed E-state index contributed by atoms with van der Waals surface area (Å²) in [5.74, 6) is 6.89. The molecule has 3 rings (SSSR count). The SMILES string of the molecule is C#Cc1cccc(O)c1.C#Cc1cccc(OCC2CC2)c1. The Hall–Kier alpha value is -2.84. The largest absolute Gasteiger partial charge is 0.508 e. The molecule has 2 aromatic rings. The van der Waals surface area contributed by atoms with Crippen molar-refractivity contribution in [2.24, 2.45) is 5.92 Å². The van der Waals surface area contributed by atoms with E-state index >= 15 is 0 Å². The molecule has 1 aliphatic carbocycles. The highest BCUT2D eigenvalue weighted by Gasteiger charge is 2.21. The van der Waals surface area contributed by atoms with Crippen molar-refractivity contribution in [1.29, 1.82) is 0 Å². The van der Waals surface area contributed by atoms with Gasteiger partial charge in [0.1, 0.15) is 11.5 Å². The Morgan fingerprint density at radius 2 is 1.64 bits per heavy atom. The molecule has 1 saturated carbocycles. The van der Waals surface area contributed by atoms with Gasteiger partial charge in [-0.2, -0.15) is 0 Å². The lowest BCUT2D eigenvalue weighted by Crippen LogP contribution is -1.98. The van der Waals surface area contributed by atoms with Gasteiger partial charge in [-0.05, 0) is 55.2 Å². The number of terminal acetylenes is 2. The Kier molecular flexibility index (Phi) is 5.52. The van der Waals surface area contributed by atoms with Crippen LogP contribution in [-0.2, 0) is 0 Å². The molecule has 1 aliphatic rings. The van der Waals surface area contributed by atoms with Gasteiger partial charge in [-0.15, -0.1) is 12.8 Å². The summed E-state index contributed by atoms with van der Waals surface area (Å²) in [4.78, 5) is 0. The molecule has 2 nitrogen and oxygen atoms in total. The minimum Gasteiger partial charge on any atom is -0.508 e. The first-order valence-corrected chi connectivity index (χ1v) is 7.16. The number of benzene rings is 2. The van der Waals surface area contributed by atoms with E-state index in [1.807, 2.05) is 24.3 Å². The van der Waals surface area contributed by atoms with E-state index in [0.29, 0.717) is 5.56 Å². The van der Waals surface area contributed by atoms with E-state index in [2.05, 4.69) is 11.8 Å². The lowest BCUT2D eigenvalue weighted by atomic mass is 10.2. The number of phenolic OH excluding ortho intramolecular Hbond substituents is 1. The van der Waals surface area contributed by atoms with Crippen molar-refractivity contribution in [3.63, 3.8) is 0 Å². The zero-order valence-corrected chi connectivity index (χ0v) is 12.3. The molecule has 0 radical (unpaired) electrons. The molecular formula is C20H18O2. The van der Waals surface area contributed by atoms with E-state index < -0.39 is 0 Å². The topological polar surface area (TPSA) is 29.5 Å². The second-order valence-electron chi connectivity index (χ2n) is 5.12. The van der Waals surface area contributed by atoms with Crippen LogP contribution in [0.15, 0.2) is 48.5 Å². The van der Waals surface area contributed by atoms with Crippen LogP contribution < -0.4 is 4.74 Å². The molecule has 1 N–H and O–H groups in total. The zero-order chi connectivity index (χ0) is 15.8. The van der Waals surface area contributed by atoms with Crippen LogP contribution >= 0.6 is 0 Å². The Balaban J connectivity index is 0.000000172. The quantitative estimate of drug-likeness (QED) is 0.871. The number of hydrogen-bond acceptors (Lipinski definition) is 2. The molecule has 2 aromatic carbocycles. The summed E-state index contributed by atoms with van der Waals surface area (Å²) in [6.07, 6.45) is 13.0. The predicted octanol–water partition coefficient (Wildman–Crippen LogP) is 3.83. The molecule has 0 bridgehead atoms. The van der Waals surface area contributed by atoms with Crippen molar-refractivity contribution in [2.75, 3.05) is 6.61 Å². The second-order valence-corrected chi connectivity index (χ2v) is 5.12. The number of ether oxygens (including phenoxy) is 1. The zero-order valence-electron chi connectivity index (χ0n) is 12.3. The molecule has 110 valence electrons. The van der Waals surface area contributed by atoms with Gasteiger partial charge in [-0.25, -0.2) is 0 Å². The van der Waals surface area contributed by atoms with Gasteiger partial charge in [0.15, 0.2) is 0 Å². The van der Waals surface area contributed by atoms with Gasteiger partial charge >= 0.3 is 0 Å². The van der Waals surface area contributed by atoms with Gasteiger partial charge in [0, 0.05) is 11.1 Å². The van der Waals surface area contributed by atoms with Crippen molar-refractivity contribution in [3.05, 3.63) is 59.7 Å². The first-order chi connectivity index (χ1) is 10.7. The molecule has 22 heavy (non-hydrogen) atoms. The predicted molar refractivity (Wildman–Crippen MR) is 88.6 cm³/mol. The second kappa shape index (κ2) is 7.81. The first-order valence-electron chi connectivity index (χ1n) is 7.16. The molecule has 2 heteroatoms. The van der Waals surface area contributed by atoms with Crippen LogP contribution in [0.3, 0.4) is 0 Å². The van der Waals surface area contributed by atoms with E-state index in [1.54, 1.807) is 24.3 Å². The normalized spacial score (nSPS) is 12.3. The van der Waals surface area contributed by atoms with Gasteiger partial charge in [0.2, 0.25) is 0 Å². The maximum atomic E-state index is 8.85. The van der Waals surface area contributed by atoms with Crippen LogP contribution in [0, 0.1) is 30.6 Å². The molecule has 0 atom stereocenters. The number of hydrogen-bond donors (Lipinski definition) is 1. The summed E-state index contributed by atoms with van der Waals surface area (Å²) in [6, 6.07) is 14.3. The standard InChI is InChI=1S/C12H12O.C8H6O/c1-2-10-4-3-5-12(8-10)13-9-11-6-7-11;1-2-7-4-3-5-8(9)6-7/h1,3-5,8,11H,6-7,9H2;1,3-6,9H. The Labute approximate surface area is 131 Å². The lowest BCUT2D eigenvalue weighted by molar-refractivity contribution is 0.299. The van der Waals surface area contributed by atoms with Crippen LogP contribution in [0.25, 0.3) is 0 Å². The van der Waals surface area contributed by atoms with Crippen LogP contribution in [-0.4, -0.2) is 11.7 Å². The minimum absolute atomic E-state index is 0.213. The number of aromatic hydroxyl groups is 1. The van der Waals surface area contributed by atoms with E-state index in [1.165, 1.54) is 12.8 Å². The van der Waals surface area contributed by atoms with Crippen molar-refractivity contribution in [3.8, 4) is 36.2 Å². The summed E-state index contributed by atoms with van der Waals surface area (Å²) in [6.45, 7) is 0.841. The smallest absolute Gasteiger partial charge is 0.120 e. The minimum atomic E-state index is 0.213. The summed E-state index contributed by atoms with van der Waals surface area (Å²) in [5, 5.41) is 8.85. The highest BCUT2D eigenvalue weighted by atomic mass is 16.5. The molecular weight excluding hydrogens is 272 g/mol. The molecule has 0 aromatic heterocycles. The maximum Gasteiger partial charge on any atom is 0.120 e. The third-order valence-electron chi connectivity index (χ3n) is 3.20. The van der Waals surface area contributed by atoms with Gasteiger partial charge in [0.25, 0.3) is 0 Å². The van der Waals surface area contributed by atoms with Crippen LogP contribution in [0.4, 0.5) is 0 Å². The fraction of sp³-hybridized carbons (Fsp3) is 0.200. The number of rotatable bonds is 3. The van der Waals surface area contributed by atoms with Gasteiger partial charge in [0.05, 0.1) is 6.61 Å². The Bertz CT molecular complexity index is 700. The van der Waals surface area contributed by atoms with Crippen molar-refractivity contribution < 1.29 is 9.84 Å². The fourth-order valence-corrected chi connectivity index (χ4v) is 1.77. The van der Waals surface area contributed by atoms with Gasteiger partial charge < -0.3 is 9.84 Å². The Morgan fingerprint density at radius 1 is 1.00 bits per heavy atom. The van der Waals surface area contributed by atoms with Gasteiger partial charge in [-0.1, -0.05) is 24.0 Å². The summed E-state index contributed by atoms with van der Waals surface area (Å²) in [5.41, 5.74) is 1.59. The van der Waals surface area contributed by atoms with E-state index in [9.17, 15) is 0 Å². The Morgan fingerprint density at radius 3 is 2.18 bits per heavy atom. The molecule has 0 heterocycles. The molecule has 0 unspecified atom stereocenters. The summed E-state index contributed by atoms with van der Waals surface area (Å²) < 4.78 is 5.58. The van der Waals surface area contributed by atoms with Crippen molar-refractivity contribution in [2.45, 2.75) is 12.8 Å². The third kappa shape index (κ3) is 5.27. The van der Waals surface area contributed by atoms with Crippen LogP contribution in [0.1, 0.15) is 24.0 Å². The molecule has 0 aliphatic heterocycles. The first kappa shape index (κ1) is 15.5. The van der Waals surface area contributed by atoms with Crippen molar-refractivity contribution >= 4 is 0 Å². The number of phenols is 1. The van der Waals surface area contributed by atoms with E-state index in [4.69, 9.17) is 22.7 Å². The summed E-state index contributed by atoms with van der Waals surface area (Å²) in [7, 11) is 0. The maximum absolute atomic E-state index is 8.85. The fourth-order valence-electron chi connectivity index (χ4n) is 1.77. The van der Waals surface area contributed by atoms with E-state index in [-0.39, 0.29) is 5.75 Å². The molecule has 0 amide bonds. The molecule has 0 saturated heterocycles. The molecule has 0 spiro atoms. The van der Waals surface area contributed by atoms with E-state index in [0.717, 1.165) is 23.8 Å². The van der Waals surface area contributed by atoms with Gasteiger partial charge in [-0.3, -0.25) is 0 Å². The average molecular weight is 290 g/mol. The molecule has 1 fully saturated rings. The van der Waals surface area contributed by atoms with Crippen molar-refractivity contribution in [1.82, 2.24) is 0 Å². The van der Waals surface area contributed by atoms with Crippen LogP contribution in [0.5, 0.6) is 11.5 Å². The monoisotopic (exact) mass is 290 g/mol. The lowest BCUT2D eigenvalue weighted by Gasteiger charge is -2.04. The van der Waals surface area contributed by atoms with Crippen LogP contribution in [0.2, 0.25) is 0 Å². The highest BCUT2D eigenvalue weighted by Crippen LogP contribution is 2.29. The summed E-state index contributed by atoms with van der Waals surface area (Å²) >= 11 is 0. The third-order valence-corrected chi connectivity index (χ3v) is 3.20.